The van der Waals surface area contributed by atoms with Crippen molar-refractivity contribution in [1.29, 1.82) is 0 Å². The van der Waals surface area contributed by atoms with Crippen LogP contribution in [0.5, 0.6) is 0 Å². The van der Waals surface area contributed by atoms with Gasteiger partial charge in [-0.1, -0.05) is 0 Å². The topological polar surface area (TPSA) is 48.1 Å². The molecule has 0 amide bonds. The summed E-state index contributed by atoms with van der Waals surface area (Å²) in [4.78, 5) is 0.500. The van der Waals surface area contributed by atoms with Crippen LogP contribution >= 0.6 is 0 Å². The number of quaternary nitrogens is 1. The van der Waals surface area contributed by atoms with Gasteiger partial charge in [-0.15, -0.1) is 21.7 Å². The Morgan fingerprint density at radius 1 is 0.667 bits per heavy atom. The summed E-state index contributed by atoms with van der Waals surface area (Å²) in [6, 6.07) is 0. The van der Waals surface area contributed by atoms with Crippen LogP contribution in [-0.2, 0) is 0 Å². The van der Waals surface area contributed by atoms with Crippen molar-refractivity contribution in [2.75, 3.05) is 26.2 Å². The Morgan fingerprint density at radius 3 is 1.33 bits per heavy atom. The Bertz CT molecular complexity index is 84.0. The van der Waals surface area contributed by atoms with Crippen LogP contribution in [0.15, 0.2) is 0 Å². The Kier molecular flexibility index (Phi) is 1.17. The number of rotatable bonds is 0. The highest BCUT2D eigenvalue weighted by atomic mass is 16.2. The fraction of sp³-hybridized carbons (Fsp3) is 1.00. The molecule has 52 valence electrons. The first-order chi connectivity index (χ1) is 4.41. The highest BCUT2D eigenvalue weighted by Gasteiger charge is 2.36. The van der Waals surface area contributed by atoms with Crippen LogP contribution in [0.1, 0.15) is 0 Å². The van der Waals surface area contributed by atoms with Crippen molar-refractivity contribution in [3.63, 3.8) is 0 Å². The monoisotopic (exact) mass is 130 g/mol. The molecule has 2 rings (SSSR count). The van der Waals surface area contributed by atoms with Gasteiger partial charge in [0.15, 0.2) is 0 Å². The summed E-state index contributed by atoms with van der Waals surface area (Å²) in [7, 11) is 0. The Morgan fingerprint density at radius 2 is 1.00 bits per heavy atom. The van der Waals surface area contributed by atoms with E-state index in [9.17, 15) is 0 Å². The number of hydrogen-bond acceptors (Lipinski definition) is 4. The van der Waals surface area contributed by atoms with E-state index in [-0.39, 0.29) is 0 Å². The van der Waals surface area contributed by atoms with Crippen molar-refractivity contribution >= 4 is 0 Å². The average molecular weight is 130 g/mol. The maximum absolute atomic E-state index is 3.24. The van der Waals surface area contributed by atoms with Crippen molar-refractivity contribution in [1.82, 2.24) is 21.7 Å². The molecule has 0 aromatic carbocycles. The maximum Gasteiger partial charge on any atom is 0.0687 e. The molecule has 0 radical (unpaired) electrons. The lowest BCUT2D eigenvalue weighted by Gasteiger charge is -2.23. The van der Waals surface area contributed by atoms with Gasteiger partial charge in [0, 0.05) is 0 Å². The van der Waals surface area contributed by atoms with E-state index in [4.69, 9.17) is 0 Å². The first kappa shape index (κ1) is 5.57. The van der Waals surface area contributed by atoms with Crippen molar-refractivity contribution in [2.45, 2.75) is 0 Å². The molecule has 0 aliphatic carbocycles. The highest BCUT2D eigenvalue weighted by molar-refractivity contribution is 4.49. The quantitative estimate of drug-likeness (QED) is 0.282. The van der Waals surface area contributed by atoms with Crippen LogP contribution < -0.4 is 21.7 Å². The number of nitrogens with zero attached hydrogens (tertiary/aromatic N) is 1. The molecule has 0 unspecified atom stereocenters. The molecule has 2 aliphatic rings. The second-order valence-electron chi connectivity index (χ2n) is 2.30. The predicted octanol–water partition coefficient (Wildman–Crippen LogP) is -2.15. The number of nitrogens with one attached hydrogen (secondary N) is 4. The summed E-state index contributed by atoms with van der Waals surface area (Å²) >= 11 is 0. The van der Waals surface area contributed by atoms with E-state index >= 15 is 0 Å². The third kappa shape index (κ3) is 0.828. The minimum atomic E-state index is 0.500. The Hall–Kier alpha value is -0.200. The van der Waals surface area contributed by atoms with Crippen LogP contribution in [0.2, 0.25) is 0 Å². The van der Waals surface area contributed by atoms with Crippen molar-refractivity contribution < 1.29 is 4.92 Å². The molecule has 0 aromatic heterocycles. The molecule has 4 N–H and O–H groups in total. The zero-order valence-corrected chi connectivity index (χ0v) is 5.28. The third-order valence-electron chi connectivity index (χ3n) is 1.65. The lowest BCUT2D eigenvalue weighted by Crippen LogP contribution is -2.69. The molecule has 2 fully saturated rings. The van der Waals surface area contributed by atoms with Crippen LogP contribution in [0.25, 0.3) is 0 Å². The Labute approximate surface area is 53.9 Å². The largest absolute Gasteiger partial charge is 0.107 e. The maximum atomic E-state index is 3.24. The zero-order chi connectivity index (χ0) is 6.16. The van der Waals surface area contributed by atoms with Crippen molar-refractivity contribution in [3.05, 3.63) is 0 Å². The summed E-state index contributed by atoms with van der Waals surface area (Å²) < 4.78 is 0. The first-order valence-electron chi connectivity index (χ1n) is 3.31. The average Bonchev–Trinajstić information content (AvgIpc) is 2.45. The standard InChI is InChI=1S/C4H12N5/c1-2-6-9(5-1)7-3-4-8-9/h5-8H,1-4H2/q+1. The molecule has 5 nitrogen and oxygen atoms in total. The van der Waals surface area contributed by atoms with E-state index in [1.165, 1.54) is 0 Å². The van der Waals surface area contributed by atoms with Gasteiger partial charge in [-0.25, -0.2) is 0 Å². The SMILES string of the molecule is C1CN[N+]2(N1)NCCN2. The molecular weight excluding hydrogens is 118 g/mol. The lowest BCUT2D eigenvalue weighted by atomic mass is 10.7. The third-order valence-corrected chi connectivity index (χ3v) is 1.65. The van der Waals surface area contributed by atoms with Gasteiger partial charge in [-0.05, 0) is 4.92 Å². The molecule has 2 heterocycles. The zero-order valence-electron chi connectivity index (χ0n) is 5.28. The van der Waals surface area contributed by atoms with Crippen LogP contribution in [-0.4, -0.2) is 31.1 Å². The molecule has 0 saturated carbocycles. The normalized spacial score (nSPS) is 32.0. The first-order valence-corrected chi connectivity index (χ1v) is 3.31. The van der Waals surface area contributed by atoms with E-state index < -0.39 is 0 Å². The molecule has 9 heavy (non-hydrogen) atoms. The van der Waals surface area contributed by atoms with Crippen LogP contribution in [0, 0.1) is 0 Å². The smallest absolute Gasteiger partial charge is 0.0687 e. The van der Waals surface area contributed by atoms with E-state index in [0.29, 0.717) is 4.92 Å². The molecular formula is C4H12N5+. The predicted molar refractivity (Wildman–Crippen MR) is 32.3 cm³/mol. The summed E-state index contributed by atoms with van der Waals surface area (Å²) in [5.74, 6) is 0. The molecule has 5 heteroatoms. The van der Waals surface area contributed by atoms with Crippen molar-refractivity contribution in [2.24, 2.45) is 0 Å². The van der Waals surface area contributed by atoms with E-state index in [1.54, 1.807) is 0 Å². The molecule has 2 saturated heterocycles. The van der Waals surface area contributed by atoms with Gasteiger partial charge in [0.25, 0.3) is 0 Å². The summed E-state index contributed by atoms with van der Waals surface area (Å²) in [5, 5.41) is 0. The fourth-order valence-electron chi connectivity index (χ4n) is 1.23. The molecule has 2 aliphatic heterocycles. The van der Waals surface area contributed by atoms with E-state index in [1.807, 2.05) is 0 Å². The second kappa shape index (κ2) is 1.89. The minimum absolute atomic E-state index is 0.500. The van der Waals surface area contributed by atoms with Gasteiger partial charge in [-0.2, -0.15) is 0 Å². The van der Waals surface area contributed by atoms with Gasteiger partial charge in [0.2, 0.25) is 0 Å². The van der Waals surface area contributed by atoms with Gasteiger partial charge >= 0.3 is 0 Å². The lowest BCUT2D eigenvalue weighted by molar-refractivity contribution is -1.06. The summed E-state index contributed by atoms with van der Waals surface area (Å²) in [6.45, 7) is 4.06. The van der Waals surface area contributed by atoms with Crippen LogP contribution in [0.4, 0.5) is 0 Å². The summed E-state index contributed by atoms with van der Waals surface area (Å²) in [6.07, 6.45) is 0. The number of hydrogen-bond donors (Lipinski definition) is 4. The van der Waals surface area contributed by atoms with Gasteiger partial charge in [0.05, 0.1) is 26.2 Å². The van der Waals surface area contributed by atoms with Gasteiger partial charge in [0.1, 0.15) is 0 Å². The van der Waals surface area contributed by atoms with Crippen LogP contribution in [0.3, 0.4) is 0 Å². The second-order valence-corrected chi connectivity index (χ2v) is 2.30. The fourth-order valence-corrected chi connectivity index (χ4v) is 1.23. The van der Waals surface area contributed by atoms with Gasteiger partial charge < -0.3 is 0 Å². The molecule has 1 spiro atoms. The summed E-state index contributed by atoms with van der Waals surface area (Å²) in [5.41, 5.74) is 12.9. The minimum Gasteiger partial charge on any atom is -0.107 e. The molecule has 0 aromatic rings. The molecule has 0 atom stereocenters. The van der Waals surface area contributed by atoms with E-state index in [0.717, 1.165) is 26.2 Å². The van der Waals surface area contributed by atoms with Gasteiger partial charge in [-0.3, -0.25) is 0 Å². The highest BCUT2D eigenvalue weighted by Crippen LogP contribution is 1.94. The molecule has 0 bridgehead atoms. The van der Waals surface area contributed by atoms with E-state index in [2.05, 4.69) is 21.7 Å². The Balaban J connectivity index is 2.04. The van der Waals surface area contributed by atoms with Crippen molar-refractivity contribution in [3.8, 4) is 0 Å².